The van der Waals surface area contributed by atoms with Crippen LogP contribution in [0.2, 0.25) is 5.02 Å². The van der Waals surface area contributed by atoms with E-state index in [2.05, 4.69) is 0 Å². The minimum atomic E-state index is -3.53. The predicted octanol–water partition coefficient (Wildman–Crippen LogP) is 3.62. The first-order valence-corrected chi connectivity index (χ1v) is 9.65. The molecule has 0 N–H and O–H groups in total. The smallest absolute Gasteiger partial charge is 0.243 e. The summed E-state index contributed by atoms with van der Waals surface area (Å²) in [5.41, 5.74) is 0.691. The van der Waals surface area contributed by atoms with Gasteiger partial charge in [-0.3, -0.25) is 4.79 Å². The summed E-state index contributed by atoms with van der Waals surface area (Å²) in [6, 6.07) is 15.3. The lowest BCUT2D eigenvalue weighted by Gasteiger charge is -2.30. The Morgan fingerprint density at radius 2 is 1.54 bits per heavy atom. The summed E-state index contributed by atoms with van der Waals surface area (Å²) in [7, 11) is -3.53. The molecule has 0 bridgehead atoms. The first-order chi connectivity index (χ1) is 11.5. The van der Waals surface area contributed by atoms with E-state index in [1.165, 1.54) is 16.4 Å². The lowest BCUT2D eigenvalue weighted by atomic mass is 9.90. The minimum Gasteiger partial charge on any atom is -0.294 e. The molecule has 0 aromatic heterocycles. The topological polar surface area (TPSA) is 54.5 Å². The van der Waals surface area contributed by atoms with Crippen LogP contribution in [0, 0.1) is 5.92 Å². The van der Waals surface area contributed by atoms with Crippen LogP contribution in [0.4, 0.5) is 0 Å². The highest BCUT2D eigenvalue weighted by Gasteiger charge is 2.32. The van der Waals surface area contributed by atoms with Gasteiger partial charge in [0, 0.05) is 29.6 Å². The summed E-state index contributed by atoms with van der Waals surface area (Å²) in [6.07, 6.45) is 1.08. The second-order valence-corrected chi connectivity index (χ2v) is 8.24. The molecule has 1 heterocycles. The number of ketones is 1. The van der Waals surface area contributed by atoms with Crippen LogP contribution in [0.3, 0.4) is 0 Å². The third kappa shape index (κ3) is 3.53. The molecule has 0 aliphatic carbocycles. The Bertz CT molecular complexity index is 811. The number of carbonyl (C=O) groups excluding carboxylic acids is 1. The molecular weight excluding hydrogens is 346 g/mol. The van der Waals surface area contributed by atoms with Gasteiger partial charge in [0.25, 0.3) is 0 Å². The molecule has 1 fully saturated rings. The van der Waals surface area contributed by atoms with E-state index in [1.807, 2.05) is 18.2 Å². The molecular formula is C18H18ClNO3S. The van der Waals surface area contributed by atoms with Gasteiger partial charge in [-0.25, -0.2) is 8.42 Å². The van der Waals surface area contributed by atoms with Crippen molar-refractivity contribution in [1.29, 1.82) is 0 Å². The van der Waals surface area contributed by atoms with Gasteiger partial charge in [0.15, 0.2) is 5.78 Å². The van der Waals surface area contributed by atoms with E-state index < -0.39 is 10.0 Å². The molecule has 0 spiro atoms. The average Bonchev–Trinajstić information content (AvgIpc) is 2.62. The molecule has 3 rings (SSSR count). The van der Waals surface area contributed by atoms with Crippen molar-refractivity contribution in [3.05, 3.63) is 65.2 Å². The van der Waals surface area contributed by atoms with Gasteiger partial charge >= 0.3 is 0 Å². The van der Waals surface area contributed by atoms with Gasteiger partial charge in [0.05, 0.1) is 4.90 Å². The van der Waals surface area contributed by atoms with Gasteiger partial charge in [-0.15, -0.1) is 0 Å². The number of benzene rings is 2. The molecule has 126 valence electrons. The Hall–Kier alpha value is -1.69. The number of hydrogen-bond donors (Lipinski definition) is 0. The zero-order valence-electron chi connectivity index (χ0n) is 13.1. The Labute approximate surface area is 147 Å². The maximum Gasteiger partial charge on any atom is 0.243 e. The second kappa shape index (κ2) is 7.05. The van der Waals surface area contributed by atoms with E-state index in [-0.39, 0.29) is 16.6 Å². The first kappa shape index (κ1) is 17.1. The molecule has 6 heteroatoms. The standard InChI is InChI=1S/C18H18ClNO3S/c19-16-6-8-17(9-7-16)24(22,23)20-12-10-15(11-13-20)18(21)14-4-2-1-3-5-14/h1-9,15H,10-13H2. The monoisotopic (exact) mass is 363 g/mol. The van der Waals surface area contributed by atoms with E-state index in [9.17, 15) is 13.2 Å². The molecule has 0 atom stereocenters. The highest BCUT2D eigenvalue weighted by molar-refractivity contribution is 7.89. The summed E-state index contributed by atoms with van der Waals surface area (Å²) in [6.45, 7) is 0.711. The molecule has 2 aromatic carbocycles. The number of rotatable bonds is 4. The molecule has 0 saturated carbocycles. The van der Waals surface area contributed by atoms with Crippen molar-refractivity contribution in [2.24, 2.45) is 5.92 Å². The molecule has 0 amide bonds. The predicted molar refractivity (Wildman–Crippen MR) is 93.7 cm³/mol. The zero-order valence-corrected chi connectivity index (χ0v) is 14.6. The van der Waals surface area contributed by atoms with E-state index >= 15 is 0 Å². The number of halogens is 1. The fraction of sp³-hybridized carbons (Fsp3) is 0.278. The van der Waals surface area contributed by atoms with Gasteiger partial charge < -0.3 is 0 Å². The number of Topliss-reactive ketones (excluding diaryl/α,β-unsaturated/α-hetero) is 1. The quantitative estimate of drug-likeness (QED) is 0.779. The summed E-state index contributed by atoms with van der Waals surface area (Å²) < 4.78 is 26.7. The molecule has 1 saturated heterocycles. The van der Waals surface area contributed by atoms with Gasteiger partial charge in [0.2, 0.25) is 10.0 Å². The molecule has 1 aliphatic rings. The molecule has 0 unspecified atom stereocenters. The summed E-state index contributed by atoms with van der Waals surface area (Å²) >= 11 is 5.81. The fourth-order valence-electron chi connectivity index (χ4n) is 2.95. The number of carbonyl (C=O) groups is 1. The number of sulfonamides is 1. The van der Waals surface area contributed by atoms with Crippen molar-refractivity contribution in [3.8, 4) is 0 Å². The Balaban J connectivity index is 1.68. The minimum absolute atomic E-state index is 0.0964. The molecule has 0 radical (unpaired) electrons. The summed E-state index contributed by atoms with van der Waals surface area (Å²) in [4.78, 5) is 12.7. The fourth-order valence-corrected chi connectivity index (χ4v) is 4.55. The third-order valence-corrected chi connectivity index (χ3v) is 6.50. The van der Waals surface area contributed by atoms with Crippen LogP contribution in [0.25, 0.3) is 0 Å². The van der Waals surface area contributed by atoms with Crippen molar-refractivity contribution in [2.45, 2.75) is 17.7 Å². The Morgan fingerprint density at radius 1 is 0.958 bits per heavy atom. The number of nitrogens with zero attached hydrogens (tertiary/aromatic N) is 1. The Morgan fingerprint density at radius 3 is 2.12 bits per heavy atom. The van der Waals surface area contributed by atoms with Crippen LogP contribution in [0.1, 0.15) is 23.2 Å². The third-order valence-electron chi connectivity index (χ3n) is 4.33. The van der Waals surface area contributed by atoms with Gasteiger partial charge in [-0.1, -0.05) is 41.9 Å². The van der Waals surface area contributed by atoms with Gasteiger partial charge in [-0.05, 0) is 37.1 Å². The largest absolute Gasteiger partial charge is 0.294 e. The zero-order chi connectivity index (χ0) is 17.2. The maximum absolute atomic E-state index is 12.6. The van der Waals surface area contributed by atoms with Gasteiger partial charge in [-0.2, -0.15) is 4.31 Å². The maximum atomic E-state index is 12.6. The molecule has 1 aliphatic heterocycles. The number of piperidine rings is 1. The SMILES string of the molecule is O=C(c1ccccc1)C1CCN(S(=O)(=O)c2ccc(Cl)cc2)CC1. The average molecular weight is 364 g/mol. The highest BCUT2D eigenvalue weighted by atomic mass is 35.5. The van der Waals surface area contributed by atoms with E-state index in [4.69, 9.17) is 11.6 Å². The van der Waals surface area contributed by atoms with E-state index in [1.54, 1.807) is 24.3 Å². The lowest BCUT2D eigenvalue weighted by Crippen LogP contribution is -2.40. The van der Waals surface area contributed by atoms with Gasteiger partial charge in [0.1, 0.15) is 0 Å². The van der Waals surface area contributed by atoms with Crippen molar-refractivity contribution in [3.63, 3.8) is 0 Å². The van der Waals surface area contributed by atoms with Crippen molar-refractivity contribution in [2.75, 3.05) is 13.1 Å². The van der Waals surface area contributed by atoms with E-state index in [0.29, 0.717) is 36.5 Å². The second-order valence-electron chi connectivity index (χ2n) is 5.86. The highest BCUT2D eigenvalue weighted by Crippen LogP contribution is 2.26. The molecule has 4 nitrogen and oxygen atoms in total. The van der Waals surface area contributed by atoms with E-state index in [0.717, 1.165) is 0 Å². The molecule has 24 heavy (non-hydrogen) atoms. The van der Waals surface area contributed by atoms with Crippen molar-refractivity contribution < 1.29 is 13.2 Å². The van der Waals surface area contributed by atoms with Crippen LogP contribution >= 0.6 is 11.6 Å². The van der Waals surface area contributed by atoms with Crippen molar-refractivity contribution >= 4 is 27.4 Å². The first-order valence-electron chi connectivity index (χ1n) is 7.83. The van der Waals surface area contributed by atoms with Crippen molar-refractivity contribution in [1.82, 2.24) is 4.31 Å². The van der Waals surface area contributed by atoms with Crippen LogP contribution in [0.15, 0.2) is 59.5 Å². The normalized spacial score (nSPS) is 16.9. The van der Waals surface area contributed by atoms with Crippen LogP contribution < -0.4 is 0 Å². The Kier molecular flexibility index (Phi) is 5.04. The van der Waals surface area contributed by atoms with Crippen LogP contribution in [-0.4, -0.2) is 31.6 Å². The molecule has 2 aromatic rings. The summed E-state index contributed by atoms with van der Waals surface area (Å²) in [5.74, 6) is -0.0248. The van der Waals surface area contributed by atoms with Crippen LogP contribution in [0.5, 0.6) is 0 Å². The lowest BCUT2D eigenvalue weighted by molar-refractivity contribution is 0.0875. The van der Waals surface area contributed by atoms with Crippen LogP contribution in [-0.2, 0) is 10.0 Å². The summed E-state index contributed by atoms with van der Waals surface area (Å²) in [5, 5.41) is 0.501. The number of hydrogen-bond acceptors (Lipinski definition) is 3.